The zero-order valence-corrected chi connectivity index (χ0v) is 10.6. The molecule has 2 heterocycles. The standard InChI is InChI=1S/C13H12N4O3/c18-8-17-14-7-9(15-17)5-6-16-12(19)10-3-1-2-4-11(10)13(16)20/h1-4,7,18H,5-6,8H2. The van der Waals surface area contributed by atoms with Crippen LogP contribution in [0.25, 0.3) is 0 Å². The predicted octanol–water partition coefficient (Wildman–Crippen LogP) is 0.0666. The van der Waals surface area contributed by atoms with Crippen molar-refractivity contribution in [2.24, 2.45) is 0 Å². The van der Waals surface area contributed by atoms with Gasteiger partial charge in [-0.2, -0.15) is 15.0 Å². The Labute approximate surface area is 114 Å². The normalized spacial score (nSPS) is 13.9. The number of hydrogen-bond acceptors (Lipinski definition) is 5. The largest absolute Gasteiger partial charge is 0.373 e. The minimum atomic E-state index is -0.299. The van der Waals surface area contributed by atoms with Crippen molar-refractivity contribution in [2.45, 2.75) is 13.2 Å². The van der Waals surface area contributed by atoms with Crippen molar-refractivity contribution >= 4 is 11.8 Å². The maximum atomic E-state index is 12.1. The molecular formula is C13H12N4O3. The number of hydrogen-bond donors (Lipinski definition) is 1. The molecule has 3 rings (SSSR count). The minimum absolute atomic E-state index is 0.246. The Balaban J connectivity index is 1.73. The molecule has 0 radical (unpaired) electrons. The van der Waals surface area contributed by atoms with E-state index in [2.05, 4.69) is 10.2 Å². The summed E-state index contributed by atoms with van der Waals surface area (Å²) in [6.45, 7) is -0.0521. The van der Waals surface area contributed by atoms with Crippen LogP contribution in [0.1, 0.15) is 26.4 Å². The summed E-state index contributed by atoms with van der Waals surface area (Å²) in [5.41, 5.74) is 1.50. The maximum Gasteiger partial charge on any atom is 0.261 e. The van der Waals surface area contributed by atoms with Crippen LogP contribution in [0, 0.1) is 0 Å². The van der Waals surface area contributed by atoms with E-state index in [0.717, 1.165) is 4.80 Å². The van der Waals surface area contributed by atoms with Crippen molar-refractivity contribution in [2.75, 3.05) is 6.54 Å². The number of aliphatic hydroxyl groups is 1. The molecule has 7 heteroatoms. The van der Waals surface area contributed by atoms with E-state index in [4.69, 9.17) is 5.11 Å². The number of imide groups is 1. The van der Waals surface area contributed by atoms with Crippen LogP contribution in [-0.4, -0.2) is 43.4 Å². The molecule has 7 nitrogen and oxygen atoms in total. The molecule has 0 fully saturated rings. The van der Waals surface area contributed by atoms with E-state index in [1.165, 1.54) is 11.1 Å². The summed E-state index contributed by atoms with van der Waals surface area (Å²) in [6.07, 6.45) is 1.92. The molecule has 0 saturated heterocycles. The second-order valence-corrected chi connectivity index (χ2v) is 4.41. The molecule has 0 saturated carbocycles. The first kappa shape index (κ1) is 12.5. The predicted molar refractivity (Wildman–Crippen MR) is 67.8 cm³/mol. The van der Waals surface area contributed by atoms with Gasteiger partial charge in [0.25, 0.3) is 11.8 Å². The van der Waals surface area contributed by atoms with Crippen LogP contribution in [0.3, 0.4) is 0 Å². The van der Waals surface area contributed by atoms with Crippen LogP contribution in [0.4, 0.5) is 0 Å². The van der Waals surface area contributed by atoms with Gasteiger partial charge in [0, 0.05) is 13.0 Å². The first-order valence-corrected chi connectivity index (χ1v) is 6.16. The number of nitrogens with zero attached hydrogens (tertiary/aromatic N) is 4. The van der Waals surface area contributed by atoms with E-state index in [0.29, 0.717) is 23.2 Å². The average Bonchev–Trinajstić information content (AvgIpc) is 3.03. The first-order valence-electron chi connectivity index (χ1n) is 6.16. The second kappa shape index (κ2) is 4.86. The van der Waals surface area contributed by atoms with E-state index in [-0.39, 0.29) is 25.1 Å². The van der Waals surface area contributed by atoms with Gasteiger partial charge in [0.1, 0.15) is 0 Å². The summed E-state index contributed by atoms with van der Waals surface area (Å²) in [4.78, 5) is 26.6. The molecule has 102 valence electrons. The molecule has 1 aliphatic heterocycles. The van der Waals surface area contributed by atoms with Gasteiger partial charge in [-0.1, -0.05) is 12.1 Å². The third-order valence-electron chi connectivity index (χ3n) is 3.18. The number of rotatable bonds is 4. The maximum absolute atomic E-state index is 12.1. The van der Waals surface area contributed by atoms with Gasteiger partial charge in [0.2, 0.25) is 0 Å². The Bertz CT molecular complexity index is 645. The average molecular weight is 272 g/mol. The quantitative estimate of drug-likeness (QED) is 0.795. The van der Waals surface area contributed by atoms with Crippen LogP contribution < -0.4 is 0 Å². The van der Waals surface area contributed by atoms with Gasteiger partial charge in [-0.05, 0) is 12.1 Å². The minimum Gasteiger partial charge on any atom is -0.373 e. The van der Waals surface area contributed by atoms with E-state index in [1.54, 1.807) is 24.3 Å². The number of benzene rings is 1. The lowest BCUT2D eigenvalue weighted by atomic mass is 10.1. The number of carbonyl (C=O) groups excluding carboxylic acids is 2. The van der Waals surface area contributed by atoms with Crippen molar-refractivity contribution in [3.05, 3.63) is 47.3 Å². The number of aromatic nitrogens is 3. The molecule has 1 aliphatic rings. The molecule has 0 bridgehead atoms. The van der Waals surface area contributed by atoms with Crippen LogP contribution >= 0.6 is 0 Å². The van der Waals surface area contributed by atoms with Gasteiger partial charge in [-0.3, -0.25) is 14.5 Å². The highest BCUT2D eigenvalue weighted by Crippen LogP contribution is 2.22. The van der Waals surface area contributed by atoms with Gasteiger partial charge in [-0.25, -0.2) is 0 Å². The van der Waals surface area contributed by atoms with E-state index < -0.39 is 0 Å². The number of fused-ring (bicyclic) bond motifs is 1. The van der Waals surface area contributed by atoms with Crippen molar-refractivity contribution in [3.8, 4) is 0 Å². The smallest absolute Gasteiger partial charge is 0.261 e. The van der Waals surface area contributed by atoms with Crippen molar-refractivity contribution in [1.29, 1.82) is 0 Å². The number of aliphatic hydroxyl groups excluding tert-OH is 1. The van der Waals surface area contributed by atoms with Crippen LogP contribution in [0.2, 0.25) is 0 Å². The molecule has 1 N–H and O–H groups in total. The van der Waals surface area contributed by atoms with Crippen molar-refractivity contribution in [1.82, 2.24) is 19.9 Å². The van der Waals surface area contributed by atoms with E-state index in [9.17, 15) is 9.59 Å². The summed E-state index contributed by atoms with van der Waals surface area (Å²) in [6, 6.07) is 6.77. The van der Waals surface area contributed by atoms with E-state index in [1.807, 2.05) is 0 Å². The zero-order valence-electron chi connectivity index (χ0n) is 10.6. The van der Waals surface area contributed by atoms with E-state index >= 15 is 0 Å². The molecule has 1 aromatic heterocycles. The lowest BCUT2D eigenvalue weighted by molar-refractivity contribution is 0.0655. The molecule has 0 aliphatic carbocycles. The fourth-order valence-electron chi connectivity index (χ4n) is 2.18. The van der Waals surface area contributed by atoms with Gasteiger partial charge in [-0.15, -0.1) is 0 Å². The Kier molecular flexibility index (Phi) is 3.03. The third kappa shape index (κ3) is 1.97. The monoisotopic (exact) mass is 272 g/mol. The molecule has 0 spiro atoms. The first-order chi connectivity index (χ1) is 9.70. The number of carbonyl (C=O) groups is 2. The fourth-order valence-corrected chi connectivity index (χ4v) is 2.18. The second-order valence-electron chi connectivity index (χ2n) is 4.41. The summed E-state index contributed by atoms with van der Waals surface area (Å²) >= 11 is 0. The Hall–Kier alpha value is -2.54. The number of amides is 2. The Morgan fingerprint density at radius 3 is 2.30 bits per heavy atom. The van der Waals surface area contributed by atoms with Crippen LogP contribution in [0.15, 0.2) is 30.5 Å². The van der Waals surface area contributed by atoms with Crippen molar-refractivity contribution in [3.63, 3.8) is 0 Å². The van der Waals surface area contributed by atoms with Gasteiger partial charge in [0.05, 0.1) is 23.0 Å². The molecule has 0 atom stereocenters. The molecule has 0 unspecified atom stereocenters. The molecule has 20 heavy (non-hydrogen) atoms. The highest BCUT2D eigenvalue weighted by atomic mass is 16.3. The van der Waals surface area contributed by atoms with Crippen LogP contribution in [-0.2, 0) is 13.2 Å². The summed E-state index contributed by atoms with van der Waals surface area (Å²) < 4.78 is 0. The highest BCUT2D eigenvalue weighted by molar-refractivity contribution is 6.21. The topological polar surface area (TPSA) is 88.3 Å². The lowest BCUT2D eigenvalue weighted by Gasteiger charge is -2.12. The molecule has 2 amide bonds. The Morgan fingerprint density at radius 1 is 1.10 bits per heavy atom. The lowest BCUT2D eigenvalue weighted by Crippen LogP contribution is -2.31. The highest BCUT2D eigenvalue weighted by Gasteiger charge is 2.34. The van der Waals surface area contributed by atoms with Gasteiger partial charge in [0.15, 0.2) is 6.73 Å². The third-order valence-corrected chi connectivity index (χ3v) is 3.18. The SMILES string of the molecule is O=C1c2ccccc2C(=O)N1CCc1cnn(CO)n1. The fraction of sp³-hybridized carbons (Fsp3) is 0.231. The van der Waals surface area contributed by atoms with Crippen LogP contribution in [0.5, 0.6) is 0 Å². The van der Waals surface area contributed by atoms with Gasteiger partial charge < -0.3 is 5.11 Å². The summed E-state index contributed by atoms with van der Waals surface area (Å²) in [7, 11) is 0. The molecular weight excluding hydrogens is 260 g/mol. The zero-order chi connectivity index (χ0) is 14.1. The molecule has 1 aromatic carbocycles. The Morgan fingerprint density at radius 2 is 1.75 bits per heavy atom. The summed E-state index contributed by atoms with van der Waals surface area (Å²) in [5, 5.41) is 16.7. The van der Waals surface area contributed by atoms with Gasteiger partial charge >= 0.3 is 0 Å². The summed E-state index contributed by atoms with van der Waals surface area (Å²) in [5.74, 6) is -0.555. The molecule has 2 aromatic rings. The van der Waals surface area contributed by atoms with Crippen molar-refractivity contribution < 1.29 is 14.7 Å².